The molecule has 0 fully saturated rings. The molecule has 1 aromatic heterocycles. The van der Waals surface area contributed by atoms with Gasteiger partial charge in [-0.25, -0.2) is 4.79 Å². The molecule has 0 aliphatic rings. The predicted molar refractivity (Wildman–Crippen MR) is 91.9 cm³/mol. The van der Waals surface area contributed by atoms with Crippen LogP contribution in [0.3, 0.4) is 0 Å². The number of carbonyl (C=O) groups excluding carboxylic acids is 3. The van der Waals surface area contributed by atoms with Crippen molar-refractivity contribution in [1.82, 2.24) is 4.98 Å². The number of esters is 1. The third-order valence-corrected chi connectivity index (χ3v) is 3.59. The summed E-state index contributed by atoms with van der Waals surface area (Å²) >= 11 is 3.21. The molecule has 0 unspecified atom stereocenters. The van der Waals surface area contributed by atoms with E-state index in [0.717, 1.165) is 0 Å². The Morgan fingerprint density at radius 1 is 1.12 bits per heavy atom. The Kier molecular flexibility index (Phi) is 5.81. The van der Waals surface area contributed by atoms with E-state index in [1.807, 2.05) is 0 Å². The average Bonchev–Trinajstić information content (AvgIpc) is 2.55. The third kappa shape index (κ3) is 4.73. The van der Waals surface area contributed by atoms with Crippen molar-refractivity contribution in [2.24, 2.45) is 0 Å². The first-order valence-corrected chi connectivity index (χ1v) is 7.89. The van der Waals surface area contributed by atoms with Crippen LogP contribution in [0.4, 0.5) is 5.69 Å². The number of ether oxygens (including phenoxy) is 1. The first-order chi connectivity index (χ1) is 11.4. The number of rotatable bonds is 5. The summed E-state index contributed by atoms with van der Waals surface area (Å²) in [6.07, 6.45) is 1.92. The summed E-state index contributed by atoms with van der Waals surface area (Å²) < 4.78 is 5.76. The maximum Gasteiger partial charge on any atom is 0.340 e. The van der Waals surface area contributed by atoms with Gasteiger partial charge in [0, 0.05) is 28.1 Å². The van der Waals surface area contributed by atoms with E-state index >= 15 is 0 Å². The lowest BCUT2D eigenvalue weighted by atomic mass is 10.1. The van der Waals surface area contributed by atoms with Gasteiger partial charge in [-0.1, -0.05) is 0 Å². The second-order valence-electron chi connectivity index (χ2n) is 5.06. The normalized spacial score (nSPS) is 11.5. The smallest absolute Gasteiger partial charge is 0.340 e. The fourth-order valence-electron chi connectivity index (χ4n) is 1.84. The lowest BCUT2D eigenvalue weighted by molar-refractivity contribution is -0.123. The van der Waals surface area contributed by atoms with Crippen LogP contribution in [0.5, 0.6) is 0 Å². The fraction of sp³-hybridized carbons (Fsp3) is 0.176. The second kappa shape index (κ2) is 7.83. The van der Waals surface area contributed by atoms with E-state index in [2.05, 4.69) is 26.2 Å². The van der Waals surface area contributed by atoms with E-state index in [0.29, 0.717) is 15.7 Å². The highest BCUT2D eigenvalue weighted by Crippen LogP contribution is 2.13. The van der Waals surface area contributed by atoms with Crippen LogP contribution in [0.1, 0.15) is 34.6 Å². The van der Waals surface area contributed by atoms with Crippen LogP contribution in [-0.2, 0) is 9.53 Å². The number of benzene rings is 1. The van der Waals surface area contributed by atoms with Crippen molar-refractivity contribution >= 4 is 39.3 Å². The van der Waals surface area contributed by atoms with Crippen LogP contribution in [-0.4, -0.2) is 28.7 Å². The molecule has 0 saturated heterocycles. The predicted octanol–water partition coefficient (Wildman–Crippen LogP) is 3.23. The molecule has 124 valence electrons. The maximum atomic E-state index is 12.1. The molecular formula is C17H15BrN2O4. The van der Waals surface area contributed by atoms with Gasteiger partial charge in [-0.05, 0) is 60.1 Å². The number of hydrogen-bond acceptors (Lipinski definition) is 5. The van der Waals surface area contributed by atoms with E-state index in [-0.39, 0.29) is 11.3 Å². The molecule has 1 atom stereocenters. The fourth-order valence-corrected chi connectivity index (χ4v) is 2.20. The number of hydrogen-bond donors (Lipinski definition) is 1. The van der Waals surface area contributed by atoms with Gasteiger partial charge >= 0.3 is 5.97 Å². The van der Waals surface area contributed by atoms with Crippen molar-refractivity contribution in [2.75, 3.05) is 5.32 Å². The molecule has 2 aromatic rings. The average molecular weight is 391 g/mol. The van der Waals surface area contributed by atoms with Crippen molar-refractivity contribution < 1.29 is 19.1 Å². The summed E-state index contributed by atoms with van der Waals surface area (Å²) in [4.78, 5) is 39.2. The summed E-state index contributed by atoms with van der Waals surface area (Å²) in [5.74, 6) is -1.17. The van der Waals surface area contributed by atoms with E-state index < -0.39 is 18.0 Å². The Morgan fingerprint density at radius 2 is 1.79 bits per heavy atom. The first kappa shape index (κ1) is 17.8. The van der Waals surface area contributed by atoms with Crippen LogP contribution in [0.2, 0.25) is 0 Å². The Hall–Kier alpha value is -2.54. The summed E-state index contributed by atoms with van der Waals surface area (Å²) in [5.41, 5.74) is 1.31. The van der Waals surface area contributed by atoms with E-state index in [1.165, 1.54) is 26.2 Å². The molecule has 7 heteroatoms. The number of anilines is 1. The Bertz CT molecular complexity index is 774. The number of halogens is 1. The van der Waals surface area contributed by atoms with Gasteiger partial charge < -0.3 is 10.1 Å². The number of ketones is 1. The Labute approximate surface area is 147 Å². The van der Waals surface area contributed by atoms with Crippen LogP contribution >= 0.6 is 15.9 Å². The van der Waals surface area contributed by atoms with Gasteiger partial charge in [0.1, 0.15) is 0 Å². The topological polar surface area (TPSA) is 85.4 Å². The molecule has 1 N–H and O–H groups in total. The highest BCUT2D eigenvalue weighted by Gasteiger charge is 2.19. The Morgan fingerprint density at radius 3 is 2.38 bits per heavy atom. The zero-order chi connectivity index (χ0) is 17.7. The number of nitrogens with zero attached hydrogens (tertiary/aromatic N) is 1. The van der Waals surface area contributed by atoms with E-state index in [1.54, 1.807) is 30.3 Å². The zero-order valence-corrected chi connectivity index (χ0v) is 14.7. The van der Waals surface area contributed by atoms with Crippen molar-refractivity contribution in [3.05, 3.63) is 58.3 Å². The largest absolute Gasteiger partial charge is 0.449 e. The van der Waals surface area contributed by atoms with Crippen molar-refractivity contribution in [3.8, 4) is 0 Å². The van der Waals surface area contributed by atoms with Gasteiger partial charge in [0.25, 0.3) is 5.91 Å². The van der Waals surface area contributed by atoms with E-state index in [9.17, 15) is 14.4 Å². The molecule has 0 spiro atoms. The van der Waals surface area contributed by atoms with Crippen LogP contribution < -0.4 is 5.32 Å². The van der Waals surface area contributed by atoms with Gasteiger partial charge in [-0.2, -0.15) is 0 Å². The minimum Gasteiger partial charge on any atom is -0.449 e. The molecule has 0 saturated carbocycles. The summed E-state index contributed by atoms with van der Waals surface area (Å²) in [7, 11) is 0. The molecule has 2 rings (SSSR count). The van der Waals surface area contributed by atoms with Crippen molar-refractivity contribution in [2.45, 2.75) is 20.0 Å². The summed E-state index contributed by atoms with van der Waals surface area (Å²) in [5, 5.41) is 2.62. The quantitative estimate of drug-likeness (QED) is 0.625. The van der Waals surface area contributed by atoms with Crippen molar-refractivity contribution in [1.29, 1.82) is 0 Å². The zero-order valence-electron chi connectivity index (χ0n) is 13.1. The summed E-state index contributed by atoms with van der Waals surface area (Å²) in [6, 6.07) is 8.01. The minimum absolute atomic E-state index is 0.0576. The molecule has 1 amide bonds. The maximum absolute atomic E-state index is 12.1. The molecule has 24 heavy (non-hydrogen) atoms. The van der Waals surface area contributed by atoms with Crippen molar-refractivity contribution in [3.63, 3.8) is 0 Å². The van der Waals surface area contributed by atoms with Gasteiger partial charge in [0.15, 0.2) is 11.9 Å². The third-order valence-electron chi connectivity index (χ3n) is 3.15. The molecule has 0 radical (unpaired) electrons. The monoisotopic (exact) mass is 390 g/mol. The number of amides is 1. The SMILES string of the molecule is CC(=O)c1ccc(NC(=O)[C@@H](C)OC(=O)c2cncc(Br)c2)cc1. The number of pyridine rings is 1. The lowest BCUT2D eigenvalue weighted by Gasteiger charge is -2.13. The molecule has 0 bridgehead atoms. The number of Topliss-reactive ketones (excluding diaryl/α,β-unsaturated/α-hetero) is 1. The van der Waals surface area contributed by atoms with Crippen LogP contribution in [0.25, 0.3) is 0 Å². The summed E-state index contributed by atoms with van der Waals surface area (Å²) in [6.45, 7) is 2.94. The van der Waals surface area contributed by atoms with Gasteiger partial charge in [0.05, 0.1) is 5.56 Å². The molecule has 6 nitrogen and oxygen atoms in total. The number of nitrogens with one attached hydrogen (secondary N) is 1. The van der Waals surface area contributed by atoms with Gasteiger partial charge in [-0.3, -0.25) is 14.6 Å². The molecule has 1 aromatic carbocycles. The number of aromatic nitrogens is 1. The Balaban J connectivity index is 1.96. The van der Waals surface area contributed by atoms with E-state index in [4.69, 9.17) is 4.74 Å². The molecular weight excluding hydrogens is 376 g/mol. The molecule has 1 heterocycles. The number of carbonyl (C=O) groups is 3. The highest BCUT2D eigenvalue weighted by molar-refractivity contribution is 9.10. The first-order valence-electron chi connectivity index (χ1n) is 7.10. The highest BCUT2D eigenvalue weighted by atomic mass is 79.9. The molecule has 0 aliphatic carbocycles. The van der Waals surface area contributed by atoms with Gasteiger partial charge in [-0.15, -0.1) is 0 Å². The second-order valence-corrected chi connectivity index (χ2v) is 5.98. The van der Waals surface area contributed by atoms with Crippen LogP contribution in [0, 0.1) is 0 Å². The standard InChI is InChI=1S/C17H15BrN2O4/c1-10(21)12-3-5-15(6-4-12)20-16(22)11(2)24-17(23)13-7-14(18)9-19-8-13/h3-9,11H,1-2H3,(H,20,22)/t11-/m1/s1. The molecule has 0 aliphatic heterocycles. The van der Waals surface area contributed by atoms with Crippen LogP contribution in [0.15, 0.2) is 47.2 Å². The van der Waals surface area contributed by atoms with Gasteiger partial charge in [0.2, 0.25) is 0 Å². The minimum atomic E-state index is -0.982. The lowest BCUT2D eigenvalue weighted by Crippen LogP contribution is -2.30.